The van der Waals surface area contributed by atoms with Gasteiger partial charge in [-0.3, -0.25) is 4.55 Å². The molecule has 0 amide bonds. The van der Waals surface area contributed by atoms with Crippen LogP contribution in [0.3, 0.4) is 0 Å². The van der Waals surface area contributed by atoms with Crippen molar-refractivity contribution < 1.29 is 18.1 Å². The van der Waals surface area contributed by atoms with Gasteiger partial charge in [0.15, 0.2) is 0 Å². The number of benzene rings is 1. The smallest absolute Gasteiger partial charge is 0.294 e. The molecule has 0 fully saturated rings. The van der Waals surface area contributed by atoms with Crippen molar-refractivity contribution in [1.29, 1.82) is 0 Å². The first-order valence-corrected chi connectivity index (χ1v) is 8.89. The predicted molar refractivity (Wildman–Crippen MR) is 90.5 cm³/mol. The van der Waals surface area contributed by atoms with Gasteiger partial charge in [-0.1, -0.05) is 36.3 Å². The van der Waals surface area contributed by atoms with Crippen LogP contribution in [-0.4, -0.2) is 24.7 Å². The highest BCUT2D eigenvalue weighted by atomic mass is 32.2. The third kappa shape index (κ3) is 10.5. The fraction of sp³-hybridized carbons (Fsp3) is 0.529. The number of allylic oxidation sites excluding steroid dienone is 2. The first kappa shape index (κ1) is 20.8. The predicted octanol–water partition coefficient (Wildman–Crippen LogP) is 3.99. The zero-order chi connectivity index (χ0) is 17.2. The Morgan fingerprint density at radius 3 is 2.14 bits per heavy atom. The molecule has 0 aromatic heterocycles. The minimum atomic E-state index is -4.02. The van der Waals surface area contributed by atoms with E-state index in [9.17, 15) is 8.42 Å². The van der Waals surface area contributed by atoms with Crippen LogP contribution in [-0.2, 0) is 10.1 Å². The van der Waals surface area contributed by atoms with E-state index in [1.807, 2.05) is 6.92 Å². The van der Waals surface area contributed by atoms with Crippen LogP contribution in [0.15, 0.2) is 40.8 Å². The molecule has 0 aliphatic heterocycles. The lowest BCUT2D eigenvalue weighted by molar-refractivity contribution is 0.259. The van der Waals surface area contributed by atoms with Gasteiger partial charge in [0.25, 0.3) is 10.1 Å². The first-order valence-electron chi connectivity index (χ1n) is 7.45. The van der Waals surface area contributed by atoms with Gasteiger partial charge in [0.2, 0.25) is 0 Å². The van der Waals surface area contributed by atoms with E-state index >= 15 is 0 Å². The van der Waals surface area contributed by atoms with Gasteiger partial charge in [-0.2, -0.15) is 8.42 Å². The number of rotatable bonds is 6. The zero-order valence-electron chi connectivity index (χ0n) is 13.9. The van der Waals surface area contributed by atoms with E-state index in [2.05, 4.69) is 26.8 Å². The van der Waals surface area contributed by atoms with Crippen molar-refractivity contribution in [3.05, 3.63) is 41.5 Å². The average Bonchev–Trinajstić information content (AvgIpc) is 2.38. The molecule has 1 aromatic rings. The third-order valence-corrected chi connectivity index (χ3v) is 4.02. The van der Waals surface area contributed by atoms with E-state index in [1.165, 1.54) is 24.1 Å². The lowest BCUT2D eigenvalue weighted by Crippen LogP contribution is -1.96. The molecule has 0 bridgehead atoms. The summed E-state index contributed by atoms with van der Waals surface area (Å²) >= 11 is 0. The number of aliphatic hydroxyl groups is 1. The van der Waals surface area contributed by atoms with Crippen molar-refractivity contribution in [3.63, 3.8) is 0 Å². The maximum atomic E-state index is 10.5. The standard InChI is InChI=1S/C10H20O.C7H8O3S/c1-9(2)5-4-6-10(3)7-8-11;1-6-2-4-7(5-3-6)11(8,9)10/h5,10-11H,4,6-8H2,1-3H3;2-5H,1H3,(H,8,9,10)/t10-;/m1./s1. The van der Waals surface area contributed by atoms with Gasteiger partial charge < -0.3 is 5.11 Å². The van der Waals surface area contributed by atoms with Crippen molar-refractivity contribution in [3.8, 4) is 0 Å². The molecular weight excluding hydrogens is 300 g/mol. The molecule has 0 radical (unpaired) electrons. The van der Waals surface area contributed by atoms with Crippen LogP contribution in [0.2, 0.25) is 0 Å². The van der Waals surface area contributed by atoms with Crippen molar-refractivity contribution in [2.45, 2.75) is 51.9 Å². The minimum absolute atomic E-state index is 0.0666. The summed E-state index contributed by atoms with van der Waals surface area (Å²) in [5, 5.41) is 8.63. The van der Waals surface area contributed by atoms with E-state index in [0.29, 0.717) is 12.5 Å². The molecule has 4 nitrogen and oxygen atoms in total. The lowest BCUT2D eigenvalue weighted by atomic mass is 10.0. The number of hydrogen-bond donors (Lipinski definition) is 2. The Labute approximate surface area is 134 Å². The Kier molecular flexibility index (Phi) is 9.98. The summed E-state index contributed by atoms with van der Waals surface area (Å²) < 4.78 is 29.6. The van der Waals surface area contributed by atoms with E-state index in [4.69, 9.17) is 9.66 Å². The van der Waals surface area contributed by atoms with Crippen LogP contribution in [0.5, 0.6) is 0 Å². The van der Waals surface area contributed by atoms with Gasteiger partial charge in [0, 0.05) is 6.61 Å². The Balaban J connectivity index is 0.000000401. The largest absolute Gasteiger partial charge is 0.396 e. The Bertz CT molecular complexity index is 541. The maximum absolute atomic E-state index is 10.5. The summed E-state index contributed by atoms with van der Waals surface area (Å²) in [5.41, 5.74) is 2.35. The van der Waals surface area contributed by atoms with Crippen molar-refractivity contribution in [1.82, 2.24) is 0 Å². The van der Waals surface area contributed by atoms with Crippen molar-refractivity contribution in [2.24, 2.45) is 5.92 Å². The van der Waals surface area contributed by atoms with Gasteiger partial charge in [-0.25, -0.2) is 0 Å². The van der Waals surface area contributed by atoms with Gasteiger partial charge >= 0.3 is 0 Å². The number of hydrogen-bond acceptors (Lipinski definition) is 3. The SMILES string of the molecule is CC(C)=CCC[C@@H](C)CCO.Cc1ccc(S(=O)(=O)O)cc1. The van der Waals surface area contributed by atoms with Crippen LogP contribution in [0.25, 0.3) is 0 Å². The summed E-state index contributed by atoms with van der Waals surface area (Å²) in [6, 6.07) is 5.99. The molecule has 0 saturated carbocycles. The fourth-order valence-electron chi connectivity index (χ4n) is 1.73. The highest BCUT2D eigenvalue weighted by molar-refractivity contribution is 7.85. The van der Waals surface area contributed by atoms with Gasteiger partial charge in [-0.05, 0) is 58.1 Å². The van der Waals surface area contributed by atoms with Crippen molar-refractivity contribution >= 4 is 10.1 Å². The van der Waals surface area contributed by atoms with Crippen LogP contribution in [0, 0.1) is 12.8 Å². The topological polar surface area (TPSA) is 74.6 Å². The molecule has 0 spiro atoms. The van der Waals surface area contributed by atoms with Gasteiger partial charge in [0.05, 0.1) is 4.90 Å². The van der Waals surface area contributed by atoms with Crippen LogP contribution >= 0.6 is 0 Å². The van der Waals surface area contributed by atoms with Gasteiger partial charge in [-0.15, -0.1) is 0 Å². The molecule has 0 saturated heterocycles. The molecule has 0 heterocycles. The second kappa shape index (κ2) is 10.5. The van der Waals surface area contributed by atoms with Crippen LogP contribution < -0.4 is 0 Å². The molecule has 0 unspecified atom stereocenters. The molecule has 22 heavy (non-hydrogen) atoms. The Morgan fingerprint density at radius 1 is 1.18 bits per heavy atom. The van der Waals surface area contributed by atoms with Crippen LogP contribution in [0.4, 0.5) is 0 Å². The van der Waals surface area contributed by atoms with E-state index in [-0.39, 0.29) is 4.90 Å². The first-order chi connectivity index (χ1) is 10.2. The van der Waals surface area contributed by atoms with E-state index in [1.54, 1.807) is 12.1 Å². The molecule has 1 aromatic carbocycles. The number of aryl methyl sites for hydroxylation is 1. The second-order valence-corrected chi connectivity index (χ2v) is 7.19. The van der Waals surface area contributed by atoms with Crippen molar-refractivity contribution in [2.75, 3.05) is 6.61 Å². The Hall–Kier alpha value is -1.17. The monoisotopic (exact) mass is 328 g/mol. The highest BCUT2D eigenvalue weighted by Crippen LogP contribution is 2.10. The minimum Gasteiger partial charge on any atom is -0.396 e. The molecule has 1 rings (SSSR count). The summed E-state index contributed by atoms with van der Waals surface area (Å²) in [4.78, 5) is -0.0666. The summed E-state index contributed by atoms with van der Waals surface area (Å²) in [5.74, 6) is 0.663. The fourth-order valence-corrected chi connectivity index (χ4v) is 2.21. The molecule has 0 aliphatic carbocycles. The second-order valence-electron chi connectivity index (χ2n) is 5.76. The summed E-state index contributed by atoms with van der Waals surface area (Å²) in [7, 11) is -4.02. The summed E-state index contributed by atoms with van der Waals surface area (Å²) in [6.07, 6.45) is 5.56. The van der Waals surface area contributed by atoms with E-state index < -0.39 is 10.1 Å². The maximum Gasteiger partial charge on any atom is 0.294 e. The third-order valence-electron chi connectivity index (χ3n) is 3.15. The molecule has 126 valence electrons. The molecule has 2 N–H and O–H groups in total. The average molecular weight is 328 g/mol. The summed E-state index contributed by atoms with van der Waals surface area (Å²) in [6.45, 7) is 8.60. The molecule has 1 atom stereocenters. The molecule has 0 aliphatic rings. The zero-order valence-corrected chi connectivity index (χ0v) is 14.7. The Morgan fingerprint density at radius 2 is 1.73 bits per heavy atom. The van der Waals surface area contributed by atoms with Gasteiger partial charge in [0.1, 0.15) is 0 Å². The normalized spacial score (nSPS) is 12.1. The molecule has 5 heteroatoms. The number of aliphatic hydroxyl groups excluding tert-OH is 1. The van der Waals surface area contributed by atoms with Crippen LogP contribution in [0.1, 0.15) is 45.6 Å². The lowest BCUT2D eigenvalue weighted by Gasteiger charge is -2.06. The van der Waals surface area contributed by atoms with E-state index in [0.717, 1.165) is 18.4 Å². The quantitative estimate of drug-likeness (QED) is 0.611. The molecular formula is C17H28O4S. The highest BCUT2D eigenvalue weighted by Gasteiger charge is 2.06.